The van der Waals surface area contributed by atoms with E-state index >= 15 is 0 Å². The van der Waals surface area contributed by atoms with E-state index in [1.807, 2.05) is 6.07 Å². The molecule has 2 N–H and O–H groups in total. The predicted molar refractivity (Wildman–Crippen MR) is 96.4 cm³/mol. The van der Waals surface area contributed by atoms with Crippen molar-refractivity contribution in [2.75, 3.05) is 0 Å². The molecule has 0 spiro atoms. The van der Waals surface area contributed by atoms with E-state index in [4.69, 9.17) is 0 Å². The number of carbonyl (C=O) groups is 2. The van der Waals surface area contributed by atoms with Crippen LogP contribution in [0.15, 0.2) is 72.8 Å². The highest BCUT2D eigenvalue weighted by molar-refractivity contribution is 6.08. The molecule has 0 fully saturated rings. The smallest absolute Gasteiger partial charge is 0.337 e. The Kier molecular flexibility index (Phi) is 5.08. The molecule has 0 atom stereocenters. The fourth-order valence-corrected chi connectivity index (χ4v) is 2.74. The number of nitrogens with one attached hydrogen (secondary N) is 1. The van der Waals surface area contributed by atoms with Crippen LogP contribution in [-0.4, -0.2) is 17.0 Å². The molecule has 1 amide bonds. The molecule has 3 rings (SSSR count). The van der Waals surface area contributed by atoms with Crippen molar-refractivity contribution in [2.45, 2.75) is 6.54 Å². The molecule has 0 radical (unpaired) electrons. The summed E-state index contributed by atoms with van der Waals surface area (Å²) < 4.78 is 13.7. The van der Waals surface area contributed by atoms with E-state index < -0.39 is 17.7 Å². The maximum absolute atomic E-state index is 13.7. The Morgan fingerprint density at radius 1 is 0.885 bits per heavy atom. The van der Waals surface area contributed by atoms with E-state index in [2.05, 4.69) is 5.32 Å². The van der Waals surface area contributed by atoms with Gasteiger partial charge in [0.15, 0.2) is 0 Å². The van der Waals surface area contributed by atoms with Crippen LogP contribution < -0.4 is 5.32 Å². The van der Waals surface area contributed by atoms with Gasteiger partial charge in [-0.1, -0.05) is 60.7 Å². The first-order valence-corrected chi connectivity index (χ1v) is 8.01. The number of carboxylic acids is 1. The van der Waals surface area contributed by atoms with Crippen LogP contribution in [-0.2, 0) is 6.54 Å². The van der Waals surface area contributed by atoms with Crippen molar-refractivity contribution >= 4 is 11.9 Å². The zero-order valence-corrected chi connectivity index (χ0v) is 13.8. The maximum atomic E-state index is 13.7. The van der Waals surface area contributed by atoms with Gasteiger partial charge in [0.1, 0.15) is 5.82 Å². The van der Waals surface area contributed by atoms with Gasteiger partial charge >= 0.3 is 5.97 Å². The monoisotopic (exact) mass is 349 g/mol. The van der Waals surface area contributed by atoms with Gasteiger partial charge in [0.25, 0.3) is 5.91 Å². The topological polar surface area (TPSA) is 66.4 Å². The number of carboxylic acid groups (broad SMARTS) is 1. The summed E-state index contributed by atoms with van der Waals surface area (Å²) >= 11 is 0. The summed E-state index contributed by atoms with van der Waals surface area (Å²) in [5, 5.41) is 12.2. The minimum atomic E-state index is -1.19. The lowest BCUT2D eigenvalue weighted by Gasteiger charge is -2.12. The largest absolute Gasteiger partial charge is 0.478 e. The second kappa shape index (κ2) is 7.61. The minimum absolute atomic E-state index is 0.0276. The number of halogens is 1. The third-order valence-electron chi connectivity index (χ3n) is 4.00. The van der Waals surface area contributed by atoms with Gasteiger partial charge in [-0.15, -0.1) is 0 Å². The van der Waals surface area contributed by atoms with Crippen molar-refractivity contribution in [3.8, 4) is 11.1 Å². The molecule has 130 valence electrons. The van der Waals surface area contributed by atoms with Crippen molar-refractivity contribution in [1.82, 2.24) is 5.32 Å². The molecule has 0 aliphatic carbocycles. The molecule has 0 aromatic heterocycles. The lowest BCUT2D eigenvalue weighted by Crippen LogP contribution is -2.25. The maximum Gasteiger partial charge on any atom is 0.337 e. The van der Waals surface area contributed by atoms with Crippen LogP contribution in [0.2, 0.25) is 0 Å². The number of hydrogen-bond acceptors (Lipinski definition) is 2. The fraction of sp³-hybridized carbons (Fsp3) is 0.0476. The number of benzene rings is 3. The number of aromatic carboxylic acids is 1. The fourth-order valence-electron chi connectivity index (χ4n) is 2.74. The zero-order chi connectivity index (χ0) is 18.5. The molecular formula is C21H16FNO3. The van der Waals surface area contributed by atoms with Gasteiger partial charge < -0.3 is 10.4 Å². The van der Waals surface area contributed by atoms with Gasteiger partial charge in [-0.05, 0) is 23.3 Å². The number of rotatable bonds is 5. The van der Waals surface area contributed by atoms with Crippen molar-refractivity contribution in [2.24, 2.45) is 0 Å². The standard InChI is InChI=1S/C21H16FNO3/c22-18-12-5-4-9-15(18)13-23-20(24)17-11-6-10-16(19(17)21(25)26)14-7-2-1-3-8-14/h1-12H,13H2,(H,23,24)(H,25,26). The van der Waals surface area contributed by atoms with Crippen molar-refractivity contribution in [3.63, 3.8) is 0 Å². The summed E-state index contributed by atoms with van der Waals surface area (Å²) in [5.41, 5.74) is 1.45. The lowest BCUT2D eigenvalue weighted by atomic mass is 9.95. The molecule has 5 heteroatoms. The van der Waals surface area contributed by atoms with Gasteiger partial charge in [0, 0.05) is 12.1 Å². The van der Waals surface area contributed by atoms with Crippen LogP contribution in [0.4, 0.5) is 4.39 Å². The zero-order valence-electron chi connectivity index (χ0n) is 13.8. The quantitative estimate of drug-likeness (QED) is 0.728. The molecule has 0 heterocycles. The van der Waals surface area contributed by atoms with Crippen LogP contribution in [0.25, 0.3) is 11.1 Å². The van der Waals surface area contributed by atoms with E-state index in [9.17, 15) is 19.1 Å². The Morgan fingerprint density at radius 3 is 2.27 bits per heavy atom. The molecule has 0 bridgehead atoms. The molecule has 4 nitrogen and oxygen atoms in total. The van der Waals surface area contributed by atoms with E-state index in [-0.39, 0.29) is 17.7 Å². The van der Waals surface area contributed by atoms with Crippen molar-refractivity contribution in [1.29, 1.82) is 0 Å². The summed E-state index contributed by atoms with van der Waals surface area (Å²) in [4.78, 5) is 24.3. The normalized spacial score (nSPS) is 10.3. The highest BCUT2D eigenvalue weighted by atomic mass is 19.1. The van der Waals surface area contributed by atoms with Crippen LogP contribution >= 0.6 is 0 Å². The van der Waals surface area contributed by atoms with E-state index in [1.165, 1.54) is 12.1 Å². The Balaban J connectivity index is 1.93. The van der Waals surface area contributed by atoms with Crippen molar-refractivity contribution in [3.05, 3.63) is 95.3 Å². The number of carbonyl (C=O) groups excluding carboxylic acids is 1. The molecule has 0 saturated carbocycles. The number of hydrogen-bond donors (Lipinski definition) is 2. The summed E-state index contributed by atoms with van der Waals surface area (Å²) in [6.07, 6.45) is 0. The van der Waals surface area contributed by atoms with Gasteiger partial charge in [-0.2, -0.15) is 0 Å². The summed E-state index contributed by atoms with van der Waals surface area (Å²) in [6, 6.07) is 19.8. The average Bonchev–Trinajstić information content (AvgIpc) is 2.67. The van der Waals surface area contributed by atoms with Gasteiger partial charge in [0.2, 0.25) is 0 Å². The summed E-state index contributed by atoms with van der Waals surface area (Å²) in [7, 11) is 0. The Morgan fingerprint density at radius 2 is 1.58 bits per heavy atom. The SMILES string of the molecule is O=C(NCc1ccccc1F)c1cccc(-c2ccccc2)c1C(=O)O. The molecule has 0 aliphatic rings. The van der Waals surface area contributed by atoms with Crippen LogP contribution in [0, 0.1) is 5.82 Å². The molecule has 3 aromatic rings. The molecule has 3 aromatic carbocycles. The lowest BCUT2D eigenvalue weighted by molar-refractivity contribution is 0.0692. The second-order valence-electron chi connectivity index (χ2n) is 5.67. The Bertz CT molecular complexity index is 954. The number of amides is 1. The summed E-state index contributed by atoms with van der Waals surface area (Å²) in [6.45, 7) is -0.0276. The van der Waals surface area contributed by atoms with Crippen LogP contribution in [0.1, 0.15) is 26.3 Å². The highest BCUT2D eigenvalue weighted by Crippen LogP contribution is 2.26. The first kappa shape index (κ1) is 17.4. The minimum Gasteiger partial charge on any atom is -0.478 e. The summed E-state index contributed by atoms with van der Waals surface area (Å²) in [5.74, 6) is -2.19. The first-order valence-electron chi connectivity index (χ1n) is 8.01. The van der Waals surface area contributed by atoms with E-state index in [1.54, 1.807) is 54.6 Å². The predicted octanol–water partition coefficient (Wildman–Crippen LogP) is 4.12. The first-order chi connectivity index (χ1) is 12.6. The molecule has 0 saturated heterocycles. The van der Waals surface area contributed by atoms with Crippen LogP contribution in [0.3, 0.4) is 0 Å². The van der Waals surface area contributed by atoms with E-state index in [0.717, 1.165) is 0 Å². The second-order valence-corrected chi connectivity index (χ2v) is 5.67. The third kappa shape index (κ3) is 3.62. The van der Waals surface area contributed by atoms with E-state index in [0.29, 0.717) is 16.7 Å². The molecule has 0 unspecified atom stereocenters. The molecular weight excluding hydrogens is 333 g/mol. The highest BCUT2D eigenvalue weighted by Gasteiger charge is 2.21. The van der Waals surface area contributed by atoms with Crippen LogP contribution in [0.5, 0.6) is 0 Å². The molecule has 0 aliphatic heterocycles. The third-order valence-corrected chi connectivity index (χ3v) is 4.00. The van der Waals surface area contributed by atoms with Gasteiger partial charge in [-0.3, -0.25) is 4.79 Å². The molecule has 26 heavy (non-hydrogen) atoms. The van der Waals surface area contributed by atoms with Crippen molar-refractivity contribution < 1.29 is 19.1 Å². The van der Waals surface area contributed by atoms with Gasteiger partial charge in [-0.25, -0.2) is 9.18 Å². The van der Waals surface area contributed by atoms with Gasteiger partial charge in [0.05, 0.1) is 11.1 Å². The average molecular weight is 349 g/mol. The Labute approximate surface area is 149 Å². The Hall–Kier alpha value is -3.47.